The summed E-state index contributed by atoms with van der Waals surface area (Å²) >= 11 is 1.66. The molecule has 0 aliphatic carbocycles. The Balaban J connectivity index is 1.92. The van der Waals surface area contributed by atoms with Crippen LogP contribution in [0.1, 0.15) is 36.9 Å². The Bertz CT molecular complexity index is 503. The summed E-state index contributed by atoms with van der Waals surface area (Å²) in [6.45, 7) is 4.04. The topological polar surface area (TPSA) is 56.0 Å². The van der Waals surface area contributed by atoms with Crippen LogP contribution < -0.4 is 0 Å². The van der Waals surface area contributed by atoms with Crippen molar-refractivity contribution in [3.8, 4) is 0 Å². The van der Waals surface area contributed by atoms with Gasteiger partial charge in [0.2, 0.25) is 5.89 Å². The van der Waals surface area contributed by atoms with Gasteiger partial charge in [0.15, 0.2) is 5.82 Å². The van der Waals surface area contributed by atoms with E-state index in [4.69, 9.17) is 4.52 Å². The molecule has 2 rings (SSSR count). The number of carbonyl (C=O) groups excluding carboxylic acids is 1. The van der Waals surface area contributed by atoms with Gasteiger partial charge in [0.05, 0.1) is 6.42 Å². The van der Waals surface area contributed by atoms with Crippen LogP contribution in [0.3, 0.4) is 0 Å². The molecule has 96 valence electrons. The lowest BCUT2D eigenvalue weighted by atomic mass is 10.1. The van der Waals surface area contributed by atoms with Crippen molar-refractivity contribution in [2.45, 2.75) is 33.1 Å². The van der Waals surface area contributed by atoms with E-state index in [1.54, 1.807) is 11.3 Å². The van der Waals surface area contributed by atoms with Crippen molar-refractivity contribution in [3.63, 3.8) is 0 Å². The van der Waals surface area contributed by atoms with Gasteiger partial charge in [0.1, 0.15) is 5.78 Å². The zero-order valence-electron chi connectivity index (χ0n) is 10.5. The molecule has 0 bridgehead atoms. The number of nitrogens with zero attached hydrogens (tertiary/aromatic N) is 2. The SMILES string of the molecule is CC(C)CC(=O)Cc1nc(Cc2cccs2)no1. The van der Waals surface area contributed by atoms with Crippen molar-refractivity contribution in [3.05, 3.63) is 34.1 Å². The normalized spacial score (nSPS) is 11.1. The first-order valence-electron chi connectivity index (χ1n) is 5.99. The Morgan fingerprint density at radius 2 is 2.33 bits per heavy atom. The zero-order valence-corrected chi connectivity index (χ0v) is 11.4. The first-order chi connectivity index (χ1) is 8.63. The summed E-state index contributed by atoms with van der Waals surface area (Å²) in [5, 5.41) is 5.91. The van der Waals surface area contributed by atoms with E-state index in [1.165, 1.54) is 4.88 Å². The van der Waals surface area contributed by atoms with Gasteiger partial charge in [-0.05, 0) is 17.4 Å². The van der Waals surface area contributed by atoms with Crippen LogP contribution in [-0.2, 0) is 17.6 Å². The molecule has 0 saturated heterocycles. The molecular weight excluding hydrogens is 248 g/mol. The summed E-state index contributed by atoms with van der Waals surface area (Å²) in [7, 11) is 0. The molecule has 2 heterocycles. The smallest absolute Gasteiger partial charge is 0.234 e. The molecule has 0 aliphatic rings. The summed E-state index contributed by atoms with van der Waals surface area (Å²) < 4.78 is 5.09. The highest BCUT2D eigenvalue weighted by molar-refractivity contribution is 7.09. The number of rotatable bonds is 6. The van der Waals surface area contributed by atoms with E-state index in [0.717, 1.165) is 0 Å². The quantitative estimate of drug-likeness (QED) is 0.805. The van der Waals surface area contributed by atoms with Crippen molar-refractivity contribution >= 4 is 17.1 Å². The molecule has 0 N–H and O–H groups in total. The maximum Gasteiger partial charge on any atom is 0.234 e. The summed E-state index contributed by atoms with van der Waals surface area (Å²) in [6, 6.07) is 4.03. The van der Waals surface area contributed by atoms with E-state index in [9.17, 15) is 4.79 Å². The van der Waals surface area contributed by atoms with Gasteiger partial charge in [-0.2, -0.15) is 4.98 Å². The Morgan fingerprint density at radius 3 is 3.00 bits per heavy atom. The molecule has 0 unspecified atom stereocenters. The fourth-order valence-corrected chi connectivity index (χ4v) is 2.40. The van der Waals surface area contributed by atoms with Crippen LogP contribution in [0.15, 0.2) is 22.0 Å². The van der Waals surface area contributed by atoms with Crippen LogP contribution in [0.4, 0.5) is 0 Å². The summed E-state index contributed by atoms with van der Waals surface area (Å²) in [4.78, 5) is 17.1. The van der Waals surface area contributed by atoms with E-state index in [2.05, 4.69) is 10.1 Å². The molecule has 0 atom stereocenters. The number of ketones is 1. The van der Waals surface area contributed by atoms with Crippen molar-refractivity contribution < 1.29 is 9.32 Å². The summed E-state index contributed by atoms with van der Waals surface area (Å²) in [5.41, 5.74) is 0. The number of Topliss-reactive ketones (excluding diaryl/α,β-unsaturated/α-hetero) is 1. The molecule has 2 aromatic rings. The highest BCUT2D eigenvalue weighted by Gasteiger charge is 2.13. The molecule has 0 radical (unpaired) electrons. The van der Waals surface area contributed by atoms with Crippen LogP contribution >= 0.6 is 11.3 Å². The van der Waals surface area contributed by atoms with Crippen LogP contribution in [0, 0.1) is 5.92 Å². The zero-order chi connectivity index (χ0) is 13.0. The first-order valence-corrected chi connectivity index (χ1v) is 6.87. The molecule has 4 nitrogen and oxygen atoms in total. The first kappa shape index (κ1) is 13.0. The summed E-state index contributed by atoms with van der Waals surface area (Å²) in [6.07, 6.45) is 1.47. The van der Waals surface area contributed by atoms with Crippen molar-refractivity contribution in [1.82, 2.24) is 10.1 Å². The second-order valence-electron chi connectivity index (χ2n) is 4.67. The van der Waals surface area contributed by atoms with E-state index in [0.29, 0.717) is 30.5 Å². The Morgan fingerprint density at radius 1 is 1.50 bits per heavy atom. The molecule has 2 aromatic heterocycles. The molecule has 0 fully saturated rings. The number of thiophene rings is 1. The lowest BCUT2D eigenvalue weighted by Gasteiger charge is -2.00. The largest absolute Gasteiger partial charge is 0.339 e. The maximum atomic E-state index is 11.6. The molecule has 5 heteroatoms. The molecule has 0 amide bonds. The van der Waals surface area contributed by atoms with Gasteiger partial charge in [0, 0.05) is 17.7 Å². The van der Waals surface area contributed by atoms with Gasteiger partial charge >= 0.3 is 0 Å². The highest BCUT2D eigenvalue weighted by Crippen LogP contribution is 2.13. The van der Waals surface area contributed by atoms with Crippen molar-refractivity contribution in [2.24, 2.45) is 5.92 Å². The average Bonchev–Trinajstić information content (AvgIpc) is 2.89. The third kappa shape index (κ3) is 3.77. The van der Waals surface area contributed by atoms with E-state index in [1.807, 2.05) is 31.4 Å². The summed E-state index contributed by atoms with van der Waals surface area (Å²) in [5.74, 6) is 1.58. The van der Waals surface area contributed by atoms with Crippen molar-refractivity contribution in [1.29, 1.82) is 0 Å². The van der Waals surface area contributed by atoms with Gasteiger partial charge in [-0.25, -0.2) is 0 Å². The number of hydrogen-bond donors (Lipinski definition) is 0. The van der Waals surface area contributed by atoms with Crippen molar-refractivity contribution in [2.75, 3.05) is 0 Å². The Labute approximate surface area is 110 Å². The molecule has 0 spiro atoms. The lowest BCUT2D eigenvalue weighted by Crippen LogP contribution is -2.06. The minimum atomic E-state index is 0.149. The molecular formula is C13H16N2O2S. The third-order valence-corrected chi connectivity index (χ3v) is 3.28. The Kier molecular flexibility index (Phi) is 4.25. The van der Waals surface area contributed by atoms with Crippen LogP contribution in [0.5, 0.6) is 0 Å². The minimum absolute atomic E-state index is 0.149. The fraction of sp³-hybridized carbons (Fsp3) is 0.462. The second kappa shape index (κ2) is 5.91. The second-order valence-corrected chi connectivity index (χ2v) is 5.71. The van der Waals surface area contributed by atoms with E-state index >= 15 is 0 Å². The number of aromatic nitrogens is 2. The third-order valence-electron chi connectivity index (χ3n) is 2.41. The average molecular weight is 264 g/mol. The molecule has 0 aliphatic heterocycles. The number of carbonyl (C=O) groups is 1. The standard InChI is InChI=1S/C13H16N2O2S/c1-9(2)6-10(16)7-13-14-12(15-17-13)8-11-4-3-5-18-11/h3-5,9H,6-8H2,1-2H3. The fourth-order valence-electron chi connectivity index (χ4n) is 1.70. The number of hydrogen-bond acceptors (Lipinski definition) is 5. The predicted molar refractivity (Wildman–Crippen MR) is 69.6 cm³/mol. The van der Waals surface area contributed by atoms with E-state index in [-0.39, 0.29) is 12.2 Å². The van der Waals surface area contributed by atoms with Crippen LogP contribution in [0.2, 0.25) is 0 Å². The predicted octanol–water partition coefficient (Wildman–Crippen LogP) is 2.88. The van der Waals surface area contributed by atoms with Gasteiger partial charge < -0.3 is 4.52 Å². The van der Waals surface area contributed by atoms with Gasteiger partial charge in [-0.1, -0.05) is 25.1 Å². The van der Waals surface area contributed by atoms with Gasteiger partial charge in [0.25, 0.3) is 0 Å². The monoisotopic (exact) mass is 264 g/mol. The van der Waals surface area contributed by atoms with Crippen LogP contribution in [-0.4, -0.2) is 15.9 Å². The van der Waals surface area contributed by atoms with Gasteiger partial charge in [-0.15, -0.1) is 11.3 Å². The molecule has 0 aromatic carbocycles. The Hall–Kier alpha value is -1.49. The highest BCUT2D eigenvalue weighted by atomic mass is 32.1. The molecule has 18 heavy (non-hydrogen) atoms. The van der Waals surface area contributed by atoms with Gasteiger partial charge in [-0.3, -0.25) is 4.79 Å². The van der Waals surface area contributed by atoms with E-state index < -0.39 is 0 Å². The van der Waals surface area contributed by atoms with Crippen LogP contribution in [0.25, 0.3) is 0 Å². The molecule has 0 saturated carbocycles. The maximum absolute atomic E-state index is 11.6. The minimum Gasteiger partial charge on any atom is -0.339 e. The lowest BCUT2D eigenvalue weighted by molar-refractivity contribution is -0.119.